The molecule has 160 valence electrons. The van der Waals surface area contributed by atoms with Crippen molar-refractivity contribution < 1.29 is 33.2 Å². The highest BCUT2D eigenvalue weighted by Gasteiger charge is 2.47. The van der Waals surface area contributed by atoms with Crippen LogP contribution in [0.3, 0.4) is 0 Å². The molecule has 1 aliphatic heterocycles. The van der Waals surface area contributed by atoms with Crippen molar-refractivity contribution >= 4 is 0 Å². The number of aryl methyl sites for hydroxylation is 1. The van der Waals surface area contributed by atoms with E-state index in [1.54, 1.807) is 17.8 Å². The van der Waals surface area contributed by atoms with Gasteiger partial charge in [0.15, 0.2) is 17.5 Å². The van der Waals surface area contributed by atoms with Crippen LogP contribution in [-0.2, 0) is 11.8 Å². The second-order valence-electron chi connectivity index (χ2n) is 6.98. The first-order valence-electron chi connectivity index (χ1n) is 8.98. The number of halogens is 3. The van der Waals surface area contributed by atoms with Gasteiger partial charge in [-0.1, -0.05) is 5.21 Å². The number of hydrogen-bond donors (Lipinski definition) is 3. The van der Waals surface area contributed by atoms with Gasteiger partial charge in [0.1, 0.15) is 42.0 Å². The van der Waals surface area contributed by atoms with Crippen molar-refractivity contribution in [3.63, 3.8) is 0 Å². The third-order valence-corrected chi connectivity index (χ3v) is 5.10. The first-order chi connectivity index (χ1) is 14.3. The van der Waals surface area contributed by atoms with Gasteiger partial charge in [-0.15, -0.1) is 5.10 Å². The molecule has 3 heterocycles. The van der Waals surface area contributed by atoms with E-state index < -0.39 is 54.5 Å². The Labute approximate surface area is 168 Å². The summed E-state index contributed by atoms with van der Waals surface area (Å²) in [4.78, 5) is 4.14. The molecule has 9 nitrogen and oxygen atoms in total. The molecule has 30 heavy (non-hydrogen) atoms. The van der Waals surface area contributed by atoms with Gasteiger partial charge in [0.2, 0.25) is 0 Å². The van der Waals surface area contributed by atoms with E-state index in [1.807, 2.05) is 0 Å². The highest BCUT2D eigenvalue weighted by atomic mass is 19.2. The van der Waals surface area contributed by atoms with Gasteiger partial charge < -0.3 is 24.6 Å². The number of nitrogens with zero attached hydrogens (tertiary/aromatic N) is 5. The Bertz CT molecular complexity index is 1040. The number of imidazole rings is 1. The summed E-state index contributed by atoms with van der Waals surface area (Å²) in [5, 5.41) is 38.8. The van der Waals surface area contributed by atoms with Crippen molar-refractivity contribution in [3.05, 3.63) is 54.0 Å². The van der Waals surface area contributed by atoms with Crippen molar-refractivity contribution in [1.29, 1.82) is 0 Å². The molecule has 1 aliphatic rings. The lowest BCUT2D eigenvalue weighted by Crippen LogP contribution is -2.53. The summed E-state index contributed by atoms with van der Waals surface area (Å²) in [6.07, 6.45) is -0.386. The molecule has 1 fully saturated rings. The zero-order valence-electron chi connectivity index (χ0n) is 15.6. The average Bonchev–Trinajstić information content (AvgIpc) is 3.36. The number of ether oxygens (including phenoxy) is 1. The predicted octanol–water partition coefficient (Wildman–Crippen LogP) is 0.491. The van der Waals surface area contributed by atoms with E-state index in [2.05, 4.69) is 15.3 Å². The van der Waals surface area contributed by atoms with Gasteiger partial charge in [-0.3, -0.25) is 0 Å². The van der Waals surface area contributed by atoms with Crippen molar-refractivity contribution in [2.45, 2.75) is 30.5 Å². The zero-order valence-corrected chi connectivity index (χ0v) is 15.6. The highest BCUT2D eigenvalue weighted by Crippen LogP contribution is 2.37. The molecule has 2 aromatic heterocycles. The molecule has 12 heteroatoms. The summed E-state index contributed by atoms with van der Waals surface area (Å²) in [5.74, 6) is -4.02. The van der Waals surface area contributed by atoms with Crippen LogP contribution in [0.1, 0.15) is 18.0 Å². The maximum Gasteiger partial charge on any atom is 0.194 e. The van der Waals surface area contributed by atoms with E-state index in [-0.39, 0.29) is 11.3 Å². The van der Waals surface area contributed by atoms with Crippen LogP contribution in [0.2, 0.25) is 0 Å². The predicted molar refractivity (Wildman–Crippen MR) is 94.3 cm³/mol. The first-order valence-corrected chi connectivity index (χ1v) is 8.98. The van der Waals surface area contributed by atoms with Crippen LogP contribution in [0, 0.1) is 17.5 Å². The largest absolute Gasteiger partial charge is 0.394 e. The Hall–Kier alpha value is -2.80. The van der Waals surface area contributed by atoms with Crippen LogP contribution < -0.4 is 0 Å². The van der Waals surface area contributed by atoms with E-state index in [0.29, 0.717) is 5.82 Å². The molecule has 1 saturated heterocycles. The molecule has 0 radical (unpaired) electrons. The van der Waals surface area contributed by atoms with Crippen LogP contribution >= 0.6 is 0 Å². The summed E-state index contributed by atoms with van der Waals surface area (Å²) in [7, 11) is 1.69. The third kappa shape index (κ3) is 3.37. The lowest BCUT2D eigenvalue weighted by atomic mass is 9.92. The Morgan fingerprint density at radius 3 is 2.43 bits per heavy atom. The molecule has 3 aromatic rings. The van der Waals surface area contributed by atoms with Gasteiger partial charge in [-0.2, -0.15) is 0 Å². The molecule has 5 atom stereocenters. The molecular formula is C18H18F3N5O4. The molecule has 0 aliphatic carbocycles. The smallest absolute Gasteiger partial charge is 0.194 e. The molecule has 3 N–H and O–H groups in total. The number of benzene rings is 1. The Morgan fingerprint density at radius 2 is 1.83 bits per heavy atom. The average molecular weight is 425 g/mol. The second kappa shape index (κ2) is 7.80. The molecule has 0 spiro atoms. The topological polar surface area (TPSA) is 118 Å². The third-order valence-electron chi connectivity index (χ3n) is 5.10. The quantitative estimate of drug-likeness (QED) is 0.521. The molecule has 0 bridgehead atoms. The highest BCUT2D eigenvalue weighted by molar-refractivity contribution is 5.57. The van der Waals surface area contributed by atoms with Gasteiger partial charge in [0, 0.05) is 25.0 Å². The monoisotopic (exact) mass is 425 g/mol. The Kier molecular flexibility index (Phi) is 5.32. The summed E-state index contributed by atoms with van der Waals surface area (Å²) in [6.45, 7) is -0.540. The number of aromatic nitrogens is 5. The van der Waals surface area contributed by atoms with E-state index >= 15 is 0 Å². The van der Waals surface area contributed by atoms with E-state index in [9.17, 15) is 28.5 Å². The summed E-state index contributed by atoms with van der Waals surface area (Å²) >= 11 is 0. The SMILES string of the molecule is Cn1ccnc1[C@@H]1O[C@H](CO)[C@H](O)[C@H](n2cc(-c3cc(F)c(F)c(F)c3)nn2)[C@H]1O. The van der Waals surface area contributed by atoms with Gasteiger partial charge in [0.05, 0.1) is 12.8 Å². The maximum atomic E-state index is 13.6. The van der Waals surface area contributed by atoms with Crippen molar-refractivity contribution in [2.24, 2.45) is 7.05 Å². The summed E-state index contributed by atoms with van der Waals surface area (Å²) in [5.41, 5.74) is -0.0826. The molecule has 0 unspecified atom stereocenters. The van der Waals surface area contributed by atoms with E-state index in [4.69, 9.17) is 4.74 Å². The molecule has 0 amide bonds. The van der Waals surface area contributed by atoms with Gasteiger partial charge >= 0.3 is 0 Å². The van der Waals surface area contributed by atoms with Crippen LogP contribution in [0.15, 0.2) is 30.7 Å². The number of rotatable bonds is 4. The minimum Gasteiger partial charge on any atom is -0.394 e. The fourth-order valence-electron chi connectivity index (χ4n) is 3.54. The summed E-state index contributed by atoms with van der Waals surface area (Å²) < 4.78 is 48.7. The lowest BCUT2D eigenvalue weighted by Gasteiger charge is -2.41. The zero-order chi connectivity index (χ0) is 21.6. The summed E-state index contributed by atoms with van der Waals surface area (Å²) in [6, 6.07) is 0.405. The molecule has 4 rings (SSSR count). The van der Waals surface area contributed by atoms with Gasteiger partial charge in [0.25, 0.3) is 0 Å². The first kappa shape index (κ1) is 20.5. The van der Waals surface area contributed by atoms with Crippen molar-refractivity contribution in [1.82, 2.24) is 24.5 Å². The second-order valence-corrected chi connectivity index (χ2v) is 6.98. The Morgan fingerprint density at radius 1 is 1.13 bits per heavy atom. The maximum absolute atomic E-state index is 13.6. The number of hydrogen-bond acceptors (Lipinski definition) is 7. The minimum atomic E-state index is -1.61. The van der Waals surface area contributed by atoms with Gasteiger partial charge in [-0.25, -0.2) is 22.8 Å². The normalized spacial score (nSPS) is 26.8. The van der Waals surface area contributed by atoms with E-state index in [0.717, 1.165) is 16.8 Å². The molecular weight excluding hydrogens is 407 g/mol. The molecule has 0 saturated carbocycles. The van der Waals surface area contributed by atoms with Crippen LogP contribution in [0.25, 0.3) is 11.3 Å². The standard InChI is InChI=1S/C18H18F3N5O4/c1-25-3-2-22-18(25)17-16(29)14(15(28)12(7-27)30-17)26-6-11(23-24-26)8-4-9(19)13(21)10(20)5-8/h2-6,12,14-17,27-29H,7H2,1H3/t12-,14+,15+,16-,17-/m1/s1. The fraction of sp³-hybridized carbons (Fsp3) is 0.389. The van der Waals surface area contributed by atoms with Crippen molar-refractivity contribution in [3.8, 4) is 11.3 Å². The number of aliphatic hydroxyl groups excluding tert-OH is 3. The Balaban J connectivity index is 1.70. The van der Waals surface area contributed by atoms with Gasteiger partial charge in [-0.05, 0) is 12.1 Å². The molecule has 1 aromatic carbocycles. The lowest BCUT2D eigenvalue weighted by molar-refractivity contribution is -0.210. The van der Waals surface area contributed by atoms with Crippen LogP contribution in [0.4, 0.5) is 13.2 Å². The van der Waals surface area contributed by atoms with E-state index in [1.165, 1.54) is 12.4 Å². The minimum absolute atomic E-state index is 0.00668. The van der Waals surface area contributed by atoms with Crippen LogP contribution in [-0.4, -0.2) is 64.8 Å². The van der Waals surface area contributed by atoms with Crippen molar-refractivity contribution in [2.75, 3.05) is 6.61 Å². The fourth-order valence-corrected chi connectivity index (χ4v) is 3.54. The van der Waals surface area contributed by atoms with Crippen LogP contribution in [0.5, 0.6) is 0 Å². The number of aliphatic hydroxyl groups is 3.